The van der Waals surface area contributed by atoms with Crippen molar-refractivity contribution < 1.29 is 34.5 Å². The third-order valence-corrected chi connectivity index (χ3v) is 7.47. The van der Waals surface area contributed by atoms with E-state index in [1.807, 2.05) is 0 Å². The Labute approximate surface area is 254 Å². The van der Waals surface area contributed by atoms with Crippen molar-refractivity contribution in [1.82, 2.24) is 20.9 Å². The molecule has 4 bridgehead atoms. The van der Waals surface area contributed by atoms with Gasteiger partial charge in [0, 0.05) is 52.5 Å². The molecular formula is C29H42N8O7. The normalized spacial score (nSPS) is 20.5. The van der Waals surface area contributed by atoms with Gasteiger partial charge in [0.25, 0.3) is 0 Å². The number of phenolic OH excluding ortho intramolecular Hbond substituents is 2. The summed E-state index contributed by atoms with van der Waals surface area (Å²) in [6.07, 6.45) is -1.70. The van der Waals surface area contributed by atoms with Crippen LogP contribution in [0.2, 0.25) is 0 Å². The predicted molar refractivity (Wildman–Crippen MR) is 162 cm³/mol. The fourth-order valence-corrected chi connectivity index (χ4v) is 4.82. The number of rotatable bonds is 9. The maximum absolute atomic E-state index is 13.8. The third-order valence-electron chi connectivity index (χ3n) is 7.47. The number of carbonyl (C=O) groups is 4. The van der Waals surface area contributed by atoms with E-state index in [1.165, 1.54) is 19.2 Å². The van der Waals surface area contributed by atoms with E-state index >= 15 is 0 Å². The number of likely N-dealkylation sites (N-methyl/N-ethyl adjacent to an activating group) is 1. The summed E-state index contributed by atoms with van der Waals surface area (Å²) in [6.45, 7) is -0.0685. The van der Waals surface area contributed by atoms with Gasteiger partial charge in [-0.1, -0.05) is 12.1 Å². The van der Waals surface area contributed by atoms with Gasteiger partial charge < -0.3 is 59.1 Å². The zero-order valence-electron chi connectivity index (χ0n) is 24.5. The summed E-state index contributed by atoms with van der Waals surface area (Å²) in [7, 11) is 1.34. The molecule has 0 aromatic heterocycles. The first-order valence-electron chi connectivity index (χ1n) is 14.2. The van der Waals surface area contributed by atoms with Crippen LogP contribution in [0, 0.1) is 0 Å². The van der Waals surface area contributed by atoms with Gasteiger partial charge in [0.1, 0.15) is 29.6 Å². The Hall–Kier alpha value is -4.28. The van der Waals surface area contributed by atoms with Gasteiger partial charge in [-0.15, -0.1) is 0 Å². The van der Waals surface area contributed by atoms with Crippen LogP contribution in [0.1, 0.15) is 17.5 Å². The largest absolute Gasteiger partial charge is 0.508 e. The second kappa shape index (κ2) is 15.4. The second-order valence-electron chi connectivity index (χ2n) is 10.8. The van der Waals surface area contributed by atoms with E-state index in [2.05, 4.69) is 16.0 Å². The summed E-state index contributed by atoms with van der Waals surface area (Å²) in [5.41, 5.74) is 25.0. The van der Waals surface area contributed by atoms with Crippen molar-refractivity contribution in [3.63, 3.8) is 0 Å². The predicted octanol–water partition coefficient (Wildman–Crippen LogP) is -3.27. The fourth-order valence-electron chi connectivity index (χ4n) is 4.82. The quantitative estimate of drug-likeness (QED) is 0.134. The van der Waals surface area contributed by atoms with E-state index < -0.39 is 53.9 Å². The molecule has 3 rings (SSSR count). The number of phenols is 2. The molecule has 0 unspecified atom stereocenters. The number of amides is 4. The number of nitrogens with zero attached hydrogens (tertiary/aromatic N) is 1. The van der Waals surface area contributed by atoms with Crippen LogP contribution in [0.4, 0.5) is 0 Å². The number of hydrogen-bond donors (Lipinski definition) is 10. The maximum atomic E-state index is 13.8. The van der Waals surface area contributed by atoms with Crippen molar-refractivity contribution in [2.75, 3.05) is 33.2 Å². The van der Waals surface area contributed by atoms with Crippen molar-refractivity contribution in [1.29, 1.82) is 0 Å². The first-order chi connectivity index (χ1) is 20.9. The Morgan fingerprint density at radius 1 is 1.02 bits per heavy atom. The number of carbonyl (C=O) groups excluding carboxylic acids is 4. The van der Waals surface area contributed by atoms with Crippen LogP contribution in [0.25, 0.3) is 11.1 Å². The standard InChI is InChI=1S/C29H42N8O7/c1-37-23(28(43)35-14-21(33)26(41)34-7-6-30)11-18-9-16(3-5-25(18)40)15-2-4-24(39)17(8-15)10-20(32)27(42)36-22(29(37)44)12-19(38)13-31/h2-5,8-9,19-23,38-40H,6-7,10-14,30-33H2,1H3,(H,34,41)(H,35,43)(H,36,42)/t19-,20+,21+,22+,23+/m1/s1. The average Bonchev–Trinajstić information content (AvgIpc) is 3.01. The average molecular weight is 615 g/mol. The van der Waals surface area contributed by atoms with Crippen molar-refractivity contribution in [3.8, 4) is 22.6 Å². The van der Waals surface area contributed by atoms with E-state index in [0.29, 0.717) is 22.3 Å². The minimum Gasteiger partial charge on any atom is -0.508 e. The van der Waals surface area contributed by atoms with E-state index in [4.69, 9.17) is 22.9 Å². The van der Waals surface area contributed by atoms with Crippen LogP contribution in [0.15, 0.2) is 36.4 Å². The van der Waals surface area contributed by atoms with Gasteiger partial charge >= 0.3 is 0 Å². The molecule has 0 fully saturated rings. The molecule has 2 aromatic rings. The lowest BCUT2D eigenvalue weighted by Gasteiger charge is -2.32. The Kier molecular flexibility index (Phi) is 12.0. The lowest BCUT2D eigenvalue weighted by molar-refractivity contribution is -0.142. The molecule has 1 aliphatic heterocycles. The van der Waals surface area contributed by atoms with Crippen LogP contribution in [-0.4, -0.2) is 107 Å². The van der Waals surface area contributed by atoms with E-state index in [0.717, 1.165) is 4.90 Å². The molecule has 5 atom stereocenters. The highest BCUT2D eigenvalue weighted by Crippen LogP contribution is 2.31. The van der Waals surface area contributed by atoms with Crippen LogP contribution in [0.3, 0.4) is 0 Å². The smallest absolute Gasteiger partial charge is 0.245 e. The van der Waals surface area contributed by atoms with Crippen molar-refractivity contribution in [2.45, 2.75) is 49.5 Å². The maximum Gasteiger partial charge on any atom is 0.245 e. The highest BCUT2D eigenvalue weighted by molar-refractivity contribution is 5.93. The number of nitrogens with one attached hydrogen (secondary N) is 3. The summed E-state index contributed by atoms with van der Waals surface area (Å²) >= 11 is 0. The number of aliphatic hydroxyl groups is 1. The summed E-state index contributed by atoms with van der Waals surface area (Å²) in [6, 6.07) is 4.63. The van der Waals surface area contributed by atoms with Gasteiger partial charge in [-0.05, 0) is 46.5 Å². The molecule has 0 saturated heterocycles. The Morgan fingerprint density at radius 3 is 2.18 bits per heavy atom. The zero-order valence-corrected chi connectivity index (χ0v) is 24.5. The first kappa shape index (κ1) is 34.2. The summed E-state index contributed by atoms with van der Waals surface area (Å²) in [4.78, 5) is 53.8. The molecule has 0 spiro atoms. The number of fused-ring (bicyclic) bond motifs is 5. The molecule has 14 N–H and O–H groups in total. The van der Waals surface area contributed by atoms with Gasteiger partial charge in [0.2, 0.25) is 23.6 Å². The van der Waals surface area contributed by atoms with Crippen LogP contribution in [0.5, 0.6) is 11.5 Å². The van der Waals surface area contributed by atoms with Gasteiger partial charge in [0.05, 0.1) is 12.1 Å². The third kappa shape index (κ3) is 8.64. The zero-order chi connectivity index (χ0) is 32.6. The molecular weight excluding hydrogens is 572 g/mol. The van der Waals surface area contributed by atoms with E-state index in [1.54, 1.807) is 24.3 Å². The van der Waals surface area contributed by atoms with Gasteiger partial charge in [-0.2, -0.15) is 0 Å². The Bertz CT molecular complexity index is 1360. The fraction of sp³-hybridized carbons (Fsp3) is 0.448. The summed E-state index contributed by atoms with van der Waals surface area (Å²) < 4.78 is 0. The van der Waals surface area contributed by atoms with E-state index in [9.17, 15) is 34.5 Å². The van der Waals surface area contributed by atoms with Gasteiger partial charge in [-0.3, -0.25) is 19.2 Å². The SMILES string of the molecule is CN1C(=O)[C@H](C[C@@H](O)CN)NC(=O)[C@@H](N)Cc2cc(ccc2O)-c2ccc(O)c(c2)C[C@H]1C(=O)NC[C@H](N)C(=O)NCCN. The monoisotopic (exact) mass is 614 g/mol. The Balaban J connectivity index is 2.06. The number of aromatic hydroxyl groups is 2. The molecule has 0 radical (unpaired) electrons. The molecule has 1 aliphatic rings. The second-order valence-corrected chi connectivity index (χ2v) is 10.8. The van der Waals surface area contributed by atoms with Crippen LogP contribution >= 0.6 is 0 Å². The molecule has 240 valence electrons. The highest BCUT2D eigenvalue weighted by atomic mass is 16.3. The molecule has 4 amide bonds. The molecule has 1 heterocycles. The van der Waals surface area contributed by atoms with Crippen molar-refractivity contribution in [3.05, 3.63) is 47.5 Å². The lowest BCUT2D eigenvalue weighted by atomic mass is 9.95. The van der Waals surface area contributed by atoms with Crippen LogP contribution in [-0.2, 0) is 32.0 Å². The number of nitrogens with two attached hydrogens (primary N) is 4. The molecule has 0 aliphatic carbocycles. The highest BCUT2D eigenvalue weighted by Gasteiger charge is 2.35. The first-order valence-corrected chi connectivity index (χ1v) is 14.2. The van der Waals surface area contributed by atoms with E-state index in [-0.39, 0.29) is 56.9 Å². The Morgan fingerprint density at radius 2 is 1.61 bits per heavy atom. The number of aliphatic hydroxyl groups excluding tert-OH is 1. The minimum atomic E-state index is -1.33. The lowest BCUT2D eigenvalue weighted by Crippen LogP contribution is -2.58. The van der Waals surface area contributed by atoms with Crippen molar-refractivity contribution >= 4 is 23.6 Å². The molecule has 0 saturated carbocycles. The van der Waals surface area contributed by atoms with Crippen molar-refractivity contribution in [2.24, 2.45) is 22.9 Å². The topological polar surface area (TPSA) is 272 Å². The molecule has 2 aromatic carbocycles. The minimum absolute atomic E-state index is 0.0726. The molecule has 15 nitrogen and oxygen atoms in total. The van der Waals surface area contributed by atoms with Crippen LogP contribution < -0.4 is 38.9 Å². The number of hydrogen-bond acceptors (Lipinski definition) is 11. The number of benzene rings is 2. The van der Waals surface area contributed by atoms with Gasteiger partial charge in [0.15, 0.2) is 0 Å². The summed E-state index contributed by atoms with van der Waals surface area (Å²) in [5, 5.41) is 39.2. The molecule has 15 heteroatoms. The van der Waals surface area contributed by atoms with Gasteiger partial charge in [-0.25, -0.2) is 0 Å². The molecule has 44 heavy (non-hydrogen) atoms. The summed E-state index contributed by atoms with van der Waals surface area (Å²) in [5.74, 6) is -2.91.